The predicted octanol–water partition coefficient (Wildman–Crippen LogP) is 3.86. The molecule has 0 saturated heterocycles. The number of carbonyl (C=O) groups is 2. The number of hydrogen-bond acceptors (Lipinski definition) is 6. The lowest BCUT2D eigenvalue weighted by Gasteiger charge is -2.13. The van der Waals surface area contributed by atoms with Crippen molar-refractivity contribution in [3.8, 4) is 11.5 Å². The van der Waals surface area contributed by atoms with E-state index in [1.54, 1.807) is 6.08 Å². The Morgan fingerprint density at radius 3 is 2.43 bits per heavy atom. The molecular formula is C21H23NO6. The summed E-state index contributed by atoms with van der Waals surface area (Å²) in [5.41, 5.74) is 0.413. The maximum absolute atomic E-state index is 12.3. The maximum Gasteiger partial charge on any atom is 0.340 e. The van der Waals surface area contributed by atoms with Crippen molar-refractivity contribution < 1.29 is 28.2 Å². The Morgan fingerprint density at radius 2 is 1.82 bits per heavy atom. The van der Waals surface area contributed by atoms with E-state index in [4.69, 9.17) is 18.6 Å². The molecule has 148 valence electrons. The highest BCUT2D eigenvalue weighted by Gasteiger charge is 2.36. The van der Waals surface area contributed by atoms with Gasteiger partial charge in [0.1, 0.15) is 11.5 Å². The number of esters is 1. The van der Waals surface area contributed by atoms with E-state index in [-0.39, 0.29) is 11.3 Å². The molecular weight excluding hydrogens is 362 g/mol. The summed E-state index contributed by atoms with van der Waals surface area (Å²) in [6, 6.07) is 6.74. The Morgan fingerprint density at radius 1 is 1.14 bits per heavy atom. The Balaban J connectivity index is 1.76. The molecule has 3 rings (SSSR count). The lowest BCUT2D eigenvalue weighted by Crippen LogP contribution is -2.13. The number of benzene rings is 1. The Hall–Kier alpha value is -3.22. The van der Waals surface area contributed by atoms with Crippen molar-refractivity contribution in [2.24, 2.45) is 5.92 Å². The van der Waals surface area contributed by atoms with Gasteiger partial charge < -0.3 is 23.9 Å². The van der Waals surface area contributed by atoms with E-state index in [0.717, 1.165) is 12.2 Å². The molecule has 7 nitrogen and oxygen atoms in total. The quantitative estimate of drug-likeness (QED) is 0.575. The molecule has 28 heavy (non-hydrogen) atoms. The lowest BCUT2D eigenvalue weighted by molar-refractivity contribution is -0.111. The number of anilines is 1. The third-order valence-corrected chi connectivity index (χ3v) is 4.71. The summed E-state index contributed by atoms with van der Waals surface area (Å²) in [7, 11) is 4.19. The van der Waals surface area contributed by atoms with Crippen LogP contribution in [0.25, 0.3) is 6.08 Å². The van der Waals surface area contributed by atoms with Crippen molar-refractivity contribution in [3.05, 3.63) is 47.4 Å². The highest BCUT2D eigenvalue weighted by Crippen LogP contribution is 2.47. The van der Waals surface area contributed by atoms with Crippen LogP contribution in [0.2, 0.25) is 0 Å². The minimum absolute atomic E-state index is 0.157. The molecule has 1 aliphatic rings. The lowest BCUT2D eigenvalue weighted by atomic mass is 10.1. The molecule has 0 bridgehead atoms. The molecule has 2 atom stereocenters. The molecule has 1 fully saturated rings. The number of nitrogens with one attached hydrogen (secondary N) is 1. The molecule has 1 heterocycles. The zero-order valence-corrected chi connectivity index (χ0v) is 16.3. The van der Waals surface area contributed by atoms with E-state index in [0.29, 0.717) is 29.1 Å². The van der Waals surface area contributed by atoms with Gasteiger partial charge in [0.05, 0.1) is 32.6 Å². The standard InChI is InChI=1S/C21H23NO6/c1-12-9-14(12)17-7-5-13(28-17)6-8-20(23)22-16-11-19(26-3)18(25-2)10-15(16)21(24)27-4/h5-8,10-12,14H,9H2,1-4H3,(H,22,23)/b8-6+/t12-,14-/m0/s1. The van der Waals surface area contributed by atoms with Crippen molar-refractivity contribution in [3.63, 3.8) is 0 Å². The summed E-state index contributed by atoms with van der Waals surface area (Å²) in [4.78, 5) is 24.4. The number of rotatable bonds is 7. The van der Waals surface area contributed by atoms with E-state index in [2.05, 4.69) is 12.2 Å². The molecule has 0 unspecified atom stereocenters. The number of hydrogen-bond donors (Lipinski definition) is 1. The number of carbonyl (C=O) groups excluding carboxylic acids is 2. The van der Waals surface area contributed by atoms with E-state index < -0.39 is 11.9 Å². The average Bonchev–Trinajstić information content (AvgIpc) is 3.24. The minimum Gasteiger partial charge on any atom is -0.493 e. The highest BCUT2D eigenvalue weighted by atomic mass is 16.5. The summed E-state index contributed by atoms with van der Waals surface area (Å²) in [6.45, 7) is 2.18. The third kappa shape index (κ3) is 4.19. The van der Waals surface area contributed by atoms with Crippen LogP contribution in [0.3, 0.4) is 0 Å². The van der Waals surface area contributed by atoms with Crippen LogP contribution < -0.4 is 14.8 Å². The van der Waals surface area contributed by atoms with Crippen LogP contribution in [0.4, 0.5) is 5.69 Å². The monoisotopic (exact) mass is 385 g/mol. The zero-order valence-electron chi connectivity index (χ0n) is 16.3. The van der Waals surface area contributed by atoms with E-state index in [1.165, 1.54) is 39.5 Å². The van der Waals surface area contributed by atoms with Crippen molar-refractivity contribution in [1.29, 1.82) is 0 Å². The summed E-state index contributed by atoms with van der Waals surface area (Å²) in [5.74, 6) is 2.38. The van der Waals surface area contributed by atoms with Crippen LogP contribution in [-0.4, -0.2) is 33.2 Å². The van der Waals surface area contributed by atoms with Crippen molar-refractivity contribution in [2.45, 2.75) is 19.3 Å². The zero-order chi connectivity index (χ0) is 20.3. The van der Waals surface area contributed by atoms with Gasteiger partial charge in [-0.15, -0.1) is 0 Å². The van der Waals surface area contributed by atoms with Gasteiger partial charge in [0.15, 0.2) is 11.5 Å². The smallest absolute Gasteiger partial charge is 0.340 e. The fraction of sp³-hybridized carbons (Fsp3) is 0.333. The van der Waals surface area contributed by atoms with Gasteiger partial charge in [0.2, 0.25) is 5.91 Å². The molecule has 2 aromatic rings. The second-order valence-electron chi connectivity index (χ2n) is 6.63. The van der Waals surface area contributed by atoms with Crippen LogP contribution in [0.15, 0.2) is 34.8 Å². The van der Waals surface area contributed by atoms with Crippen molar-refractivity contribution in [2.75, 3.05) is 26.6 Å². The fourth-order valence-electron chi connectivity index (χ4n) is 2.97. The van der Waals surface area contributed by atoms with E-state index in [1.807, 2.05) is 12.1 Å². The second-order valence-corrected chi connectivity index (χ2v) is 6.63. The summed E-state index contributed by atoms with van der Waals surface area (Å²) < 4.78 is 21.0. The molecule has 1 amide bonds. The van der Waals surface area contributed by atoms with Gasteiger partial charge in [-0.1, -0.05) is 6.92 Å². The van der Waals surface area contributed by atoms with Gasteiger partial charge in [-0.25, -0.2) is 4.79 Å². The summed E-state index contributed by atoms with van der Waals surface area (Å²) in [6.07, 6.45) is 4.06. The first-order valence-corrected chi connectivity index (χ1v) is 8.90. The highest BCUT2D eigenvalue weighted by molar-refractivity contribution is 6.06. The van der Waals surface area contributed by atoms with Crippen LogP contribution in [0.5, 0.6) is 11.5 Å². The number of ether oxygens (including phenoxy) is 3. The molecule has 0 radical (unpaired) electrons. The number of furan rings is 1. The minimum atomic E-state index is -0.602. The molecule has 1 saturated carbocycles. The van der Waals surface area contributed by atoms with Gasteiger partial charge >= 0.3 is 5.97 Å². The largest absolute Gasteiger partial charge is 0.493 e. The van der Waals surface area contributed by atoms with Crippen molar-refractivity contribution >= 4 is 23.6 Å². The summed E-state index contributed by atoms with van der Waals surface area (Å²) in [5, 5.41) is 2.67. The molecule has 0 spiro atoms. The van der Waals surface area contributed by atoms with Gasteiger partial charge in [-0.05, 0) is 30.5 Å². The topological polar surface area (TPSA) is 87.0 Å². The maximum atomic E-state index is 12.3. The Labute approximate surface area is 163 Å². The number of amides is 1. The second kappa shape index (κ2) is 8.21. The van der Waals surface area contributed by atoms with Crippen LogP contribution in [-0.2, 0) is 9.53 Å². The van der Waals surface area contributed by atoms with Gasteiger partial charge in [-0.3, -0.25) is 4.79 Å². The Kier molecular flexibility index (Phi) is 5.73. The first-order chi connectivity index (χ1) is 13.5. The first-order valence-electron chi connectivity index (χ1n) is 8.90. The molecule has 1 aliphatic carbocycles. The SMILES string of the molecule is COC(=O)c1cc(OC)c(OC)cc1NC(=O)/C=C/c1ccc([C@H]2C[C@@H]2C)o1. The average molecular weight is 385 g/mol. The molecule has 0 aliphatic heterocycles. The van der Waals surface area contributed by atoms with Gasteiger partial charge in [0, 0.05) is 24.1 Å². The molecule has 1 N–H and O–H groups in total. The normalized spacial score (nSPS) is 18.0. The van der Waals surface area contributed by atoms with Crippen LogP contribution in [0.1, 0.15) is 41.1 Å². The van der Waals surface area contributed by atoms with Gasteiger partial charge in [-0.2, -0.15) is 0 Å². The predicted molar refractivity (Wildman–Crippen MR) is 104 cm³/mol. The van der Waals surface area contributed by atoms with Gasteiger partial charge in [0.25, 0.3) is 0 Å². The molecule has 1 aromatic heterocycles. The third-order valence-electron chi connectivity index (χ3n) is 4.71. The van der Waals surface area contributed by atoms with Crippen LogP contribution in [0, 0.1) is 5.92 Å². The Bertz CT molecular complexity index is 914. The van der Waals surface area contributed by atoms with E-state index >= 15 is 0 Å². The molecule has 1 aromatic carbocycles. The first kappa shape index (κ1) is 19.5. The fourth-order valence-corrected chi connectivity index (χ4v) is 2.97. The van der Waals surface area contributed by atoms with Crippen LogP contribution >= 0.6 is 0 Å². The van der Waals surface area contributed by atoms with E-state index in [9.17, 15) is 9.59 Å². The summed E-state index contributed by atoms with van der Waals surface area (Å²) >= 11 is 0. The molecule has 7 heteroatoms. The van der Waals surface area contributed by atoms with Crippen molar-refractivity contribution in [1.82, 2.24) is 0 Å². The number of methoxy groups -OCH3 is 3.